The fraction of sp³-hybridized carbons (Fsp3) is 0.778. The molecule has 0 radical (unpaired) electrons. The number of ether oxygens (including phenoxy) is 1. The van der Waals surface area contributed by atoms with Crippen LogP contribution >= 0.6 is 0 Å². The van der Waals surface area contributed by atoms with Gasteiger partial charge in [-0.2, -0.15) is 0 Å². The first-order valence-electron chi connectivity index (χ1n) is 4.47. The second-order valence-corrected chi connectivity index (χ2v) is 4.00. The van der Waals surface area contributed by atoms with E-state index in [2.05, 4.69) is 10.6 Å². The molecule has 14 heavy (non-hydrogen) atoms. The van der Waals surface area contributed by atoms with E-state index < -0.39 is 23.6 Å². The fourth-order valence-electron chi connectivity index (χ4n) is 0.644. The van der Waals surface area contributed by atoms with Crippen molar-refractivity contribution in [2.45, 2.75) is 39.3 Å². The number of carbonyl (C=O) groups is 2. The SMILES string of the molecule is CNC(C)C(=O)NC(=O)OC(C)(C)C. The van der Waals surface area contributed by atoms with Gasteiger partial charge in [0, 0.05) is 0 Å². The van der Waals surface area contributed by atoms with Gasteiger partial charge in [-0.1, -0.05) is 0 Å². The number of imide groups is 1. The van der Waals surface area contributed by atoms with Crippen LogP contribution in [-0.2, 0) is 9.53 Å². The molecule has 0 aromatic carbocycles. The molecular formula is C9H18N2O3. The van der Waals surface area contributed by atoms with E-state index in [1.54, 1.807) is 34.7 Å². The molecule has 0 rings (SSSR count). The average molecular weight is 202 g/mol. The van der Waals surface area contributed by atoms with Crippen LogP contribution in [0.4, 0.5) is 4.79 Å². The summed E-state index contributed by atoms with van der Waals surface area (Å²) in [4.78, 5) is 22.3. The van der Waals surface area contributed by atoms with E-state index in [4.69, 9.17) is 4.74 Å². The minimum absolute atomic E-state index is 0.401. The minimum Gasteiger partial charge on any atom is -0.444 e. The molecule has 5 nitrogen and oxygen atoms in total. The lowest BCUT2D eigenvalue weighted by Crippen LogP contribution is -2.45. The Morgan fingerprint density at radius 3 is 2.14 bits per heavy atom. The molecule has 0 spiro atoms. The average Bonchev–Trinajstić information content (AvgIpc) is 1.99. The third-order valence-electron chi connectivity index (χ3n) is 1.45. The summed E-state index contributed by atoms with van der Waals surface area (Å²) >= 11 is 0. The van der Waals surface area contributed by atoms with Gasteiger partial charge in [-0.15, -0.1) is 0 Å². The van der Waals surface area contributed by atoms with Crippen LogP contribution in [-0.4, -0.2) is 30.7 Å². The van der Waals surface area contributed by atoms with Gasteiger partial charge in [0.1, 0.15) is 5.60 Å². The van der Waals surface area contributed by atoms with E-state index in [0.29, 0.717) is 0 Å². The highest BCUT2D eigenvalue weighted by Crippen LogP contribution is 2.06. The molecule has 0 aliphatic heterocycles. The Kier molecular flexibility index (Phi) is 4.56. The zero-order chi connectivity index (χ0) is 11.4. The van der Waals surface area contributed by atoms with Crippen LogP contribution in [0, 0.1) is 0 Å². The summed E-state index contributed by atoms with van der Waals surface area (Å²) in [5.74, 6) is -0.401. The second-order valence-electron chi connectivity index (χ2n) is 4.00. The van der Waals surface area contributed by atoms with Crippen LogP contribution in [0.25, 0.3) is 0 Å². The standard InChI is InChI=1S/C9H18N2O3/c1-6(10-5)7(12)11-8(13)14-9(2,3)4/h6,10H,1-5H3,(H,11,12,13). The first-order valence-corrected chi connectivity index (χ1v) is 4.47. The van der Waals surface area contributed by atoms with Gasteiger partial charge in [0.15, 0.2) is 0 Å². The molecule has 5 heteroatoms. The molecule has 0 aromatic rings. The normalized spacial score (nSPS) is 13.2. The van der Waals surface area contributed by atoms with Crippen molar-refractivity contribution in [2.75, 3.05) is 7.05 Å². The van der Waals surface area contributed by atoms with Gasteiger partial charge in [-0.05, 0) is 34.7 Å². The van der Waals surface area contributed by atoms with Gasteiger partial charge in [-0.3, -0.25) is 10.1 Å². The van der Waals surface area contributed by atoms with E-state index in [1.807, 2.05) is 0 Å². The van der Waals surface area contributed by atoms with Crippen molar-refractivity contribution < 1.29 is 14.3 Å². The van der Waals surface area contributed by atoms with Crippen LogP contribution in [0.2, 0.25) is 0 Å². The van der Waals surface area contributed by atoms with Crippen LogP contribution < -0.4 is 10.6 Å². The molecule has 0 fully saturated rings. The molecule has 1 unspecified atom stereocenters. The highest BCUT2D eigenvalue weighted by atomic mass is 16.6. The summed E-state index contributed by atoms with van der Waals surface area (Å²) in [7, 11) is 1.64. The Morgan fingerprint density at radius 2 is 1.79 bits per heavy atom. The molecule has 0 heterocycles. The zero-order valence-corrected chi connectivity index (χ0v) is 9.30. The Balaban J connectivity index is 4.02. The molecular weight excluding hydrogens is 184 g/mol. The number of hydrogen-bond acceptors (Lipinski definition) is 4. The van der Waals surface area contributed by atoms with E-state index >= 15 is 0 Å². The lowest BCUT2D eigenvalue weighted by atomic mass is 10.2. The summed E-state index contributed by atoms with van der Waals surface area (Å²) in [5.41, 5.74) is -0.590. The Hall–Kier alpha value is -1.10. The van der Waals surface area contributed by atoms with Gasteiger partial charge in [0.05, 0.1) is 6.04 Å². The molecule has 0 aliphatic rings. The number of amides is 2. The maximum Gasteiger partial charge on any atom is 0.414 e. The third-order valence-corrected chi connectivity index (χ3v) is 1.45. The first kappa shape index (κ1) is 12.9. The number of nitrogens with one attached hydrogen (secondary N) is 2. The predicted octanol–water partition coefficient (Wildman–Crippen LogP) is 0.646. The lowest BCUT2D eigenvalue weighted by molar-refractivity contribution is -0.122. The topological polar surface area (TPSA) is 67.4 Å². The zero-order valence-electron chi connectivity index (χ0n) is 9.30. The highest BCUT2D eigenvalue weighted by molar-refractivity contribution is 5.94. The molecule has 0 aliphatic carbocycles. The summed E-state index contributed by atoms with van der Waals surface area (Å²) < 4.78 is 4.90. The maximum atomic E-state index is 11.2. The monoisotopic (exact) mass is 202 g/mol. The molecule has 0 saturated carbocycles. The number of carbonyl (C=O) groups excluding carboxylic acids is 2. The van der Waals surface area contributed by atoms with E-state index in [1.165, 1.54) is 0 Å². The van der Waals surface area contributed by atoms with E-state index in [9.17, 15) is 9.59 Å². The largest absolute Gasteiger partial charge is 0.444 e. The minimum atomic E-state index is -0.718. The van der Waals surface area contributed by atoms with Crippen molar-refractivity contribution in [1.82, 2.24) is 10.6 Å². The van der Waals surface area contributed by atoms with Gasteiger partial charge < -0.3 is 10.1 Å². The van der Waals surface area contributed by atoms with Crippen molar-refractivity contribution in [3.8, 4) is 0 Å². The molecule has 1 atom stereocenters. The highest BCUT2D eigenvalue weighted by Gasteiger charge is 2.19. The number of likely N-dealkylation sites (N-methyl/N-ethyl adjacent to an activating group) is 1. The smallest absolute Gasteiger partial charge is 0.414 e. The van der Waals surface area contributed by atoms with Gasteiger partial charge >= 0.3 is 6.09 Å². The van der Waals surface area contributed by atoms with Gasteiger partial charge in [-0.25, -0.2) is 4.79 Å². The van der Waals surface area contributed by atoms with Crippen LogP contribution in [0.5, 0.6) is 0 Å². The first-order chi connectivity index (χ1) is 6.26. The lowest BCUT2D eigenvalue weighted by Gasteiger charge is -2.20. The van der Waals surface area contributed by atoms with E-state index in [-0.39, 0.29) is 0 Å². The van der Waals surface area contributed by atoms with Crippen molar-refractivity contribution in [3.63, 3.8) is 0 Å². The van der Waals surface area contributed by atoms with E-state index in [0.717, 1.165) is 0 Å². The van der Waals surface area contributed by atoms with Crippen molar-refractivity contribution in [1.29, 1.82) is 0 Å². The molecule has 0 bridgehead atoms. The Morgan fingerprint density at radius 1 is 1.29 bits per heavy atom. The third kappa shape index (κ3) is 5.53. The number of rotatable bonds is 2. The second kappa shape index (κ2) is 4.95. The molecule has 2 N–H and O–H groups in total. The summed E-state index contributed by atoms with van der Waals surface area (Å²) in [6.07, 6.45) is -0.718. The van der Waals surface area contributed by atoms with Gasteiger partial charge in [0.25, 0.3) is 0 Å². The predicted molar refractivity (Wildman–Crippen MR) is 52.9 cm³/mol. The van der Waals surface area contributed by atoms with Crippen molar-refractivity contribution in [2.24, 2.45) is 0 Å². The molecule has 0 saturated heterocycles. The van der Waals surface area contributed by atoms with Gasteiger partial charge in [0.2, 0.25) is 5.91 Å². The van der Waals surface area contributed by atoms with Crippen LogP contribution in [0.1, 0.15) is 27.7 Å². The van der Waals surface area contributed by atoms with Crippen molar-refractivity contribution >= 4 is 12.0 Å². The summed E-state index contributed by atoms with van der Waals surface area (Å²) in [5, 5.41) is 4.84. The van der Waals surface area contributed by atoms with Crippen LogP contribution in [0.15, 0.2) is 0 Å². The number of alkyl carbamates (subject to hydrolysis) is 1. The summed E-state index contributed by atoms with van der Waals surface area (Å²) in [6.45, 7) is 6.86. The molecule has 82 valence electrons. The Bertz CT molecular complexity index is 221. The molecule has 0 aromatic heterocycles. The summed E-state index contributed by atoms with van der Waals surface area (Å²) in [6, 6.07) is -0.414. The van der Waals surface area contributed by atoms with Crippen LogP contribution in [0.3, 0.4) is 0 Å². The maximum absolute atomic E-state index is 11.2. The number of hydrogen-bond donors (Lipinski definition) is 2. The Labute approximate surface area is 84.2 Å². The molecule has 2 amide bonds. The quantitative estimate of drug-likeness (QED) is 0.689. The fourth-order valence-corrected chi connectivity index (χ4v) is 0.644. The van der Waals surface area contributed by atoms with Crippen molar-refractivity contribution in [3.05, 3.63) is 0 Å².